The third kappa shape index (κ3) is 4.89. The molecule has 9 aromatic carbocycles. The molecule has 0 fully saturated rings. The van der Waals surface area contributed by atoms with Crippen LogP contribution < -0.4 is 4.90 Å². The van der Waals surface area contributed by atoms with E-state index >= 15 is 0 Å². The second kappa shape index (κ2) is 12.5. The van der Waals surface area contributed by atoms with Crippen molar-refractivity contribution in [2.45, 2.75) is 5.41 Å². The highest BCUT2D eigenvalue weighted by molar-refractivity contribution is 6.06. The number of hydrogen-bond acceptors (Lipinski definition) is 2. The molecule has 0 aliphatic heterocycles. The van der Waals surface area contributed by atoms with Crippen molar-refractivity contribution in [3.8, 4) is 22.3 Å². The van der Waals surface area contributed by atoms with Gasteiger partial charge in [-0.2, -0.15) is 0 Å². The van der Waals surface area contributed by atoms with Crippen LogP contribution >= 0.6 is 0 Å². The van der Waals surface area contributed by atoms with Crippen molar-refractivity contribution in [2.24, 2.45) is 0 Å². The Morgan fingerprint density at radius 2 is 0.964 bits per heavy atom. The summed E-state index contributed by atoms with van der Waals surface area (Å²) in [6, 6.07) is 77.2. The zero-order valence-corrected chi connectivity index (χ0v) is 30.1. The Bertz CT molecular complexity index is 3010. The molecule has 1 aromatic heterocycles. The third-order valence-electron chi connectivity index (χ3n) is 11.5. The average molecular weight is 702 g/mol. The van der Waals surface area contributed by atoms with Crippen LogP contribution in [0.4, 0.5) is 17.1 Å². The van der Waals surface area contributed by atoms with Gasteiger partial charge >= 0.3 is 0 Å². The lowest BCUT2D eigenvalue weighted by Gasteiger charge is -2.35. The Hall–Kier alpha value is -7.16. The van der Waals surface area contributed by atoms with Gasteiger partial charge in [0.05, 0.1) is 5.41 Å². The molecule has 0 saturated carbocycles. The molecule has 0 bridgehead atoms. The first-order valence-corrected chi connectivity index (χ1v) is 18.9. The SMILES string of the molecule is c1ccc(C2(c3ccccc3)c3ccccc3-c3ccc(N(c4cccc(-c5ccc6ccccc6c5)c4)c4ccc5oc6ccccc6c5c4)cc32)cc1. The number of anilines is 3. The lowest BCUT2D eigenvalue weighted by molar-refractivity contribution is 0.669. The molecule has 1 aliphatic rings. The molecule has 0 spiro atoms. The second-order valence-electron chi connectivity index (χ2n) is 14.5. The summed E-state index contributed by atoms with van der Waals surface area (Å²) < 4.78 is 6.31. The monoisotopic (exact) mass is 701 g/mol. The van der Waals surface area contributed by atoms with Crippen LogP contribution in [-0.4, -0.2) is 0 Å². The highest BCUT2D eigenvalue weighted by Gasteiger charge is 2.46. The molecule has 2 nitrogen and oxygen atoms in total. The molecule has 0 unspecified atom stereocenters. The van der Waals surface area contributed by atoms with Crippen LogP contribution in [0.2, 0.25) is 0 Å². The quantitative estimate of drug-likeness (QED) is 0.172. The van der Waals surface area contributed by atoms with E-state index in [1.54, 1.807) is 0 Å². The first-order valence-electron chi connectivity index (χ1n) is 18.9. The van der Waals surface area contributed by atoms with Gasteiger partial charge in [0, 0.05) is 27.8 Å². The van der Waals surface area contributed by atoms with Crippen molar-refractivity contribution in [3.63, 3.8) is 0 Å². The van der Waals surface area contributed by atoms with Crippen molar-refractivity contribution in [2.75, 3.05) is 4.90 Å². The van der Waals surface area contributed by atoms with Crippen LogP contribution in [0.3, 0.4) is 0 Å². The second-order valence-corrected chi connectivity index (χ2v) is 14.5. The van der Waals surface area contributed by atoms with Gasteiger partial charge in [-0.25, -0.2) is 0 Å². The van der Waals surface area contributed by atoms with Crippen LogP contribution in [0.1, 0.15) is 22.3 Å². The summed E-state index contributed by atoms with van der Waals surface area (Å²) in [5.41, 5.74) is 14.5. The van der Waals surface area contributed by atoms with E-state index < -0.39 is 5.41 Å². The molecule has 55 heavy (non-hydrogen) atoms. The number of nitrogens with zero attached hydrogens (tertiary/aromatic N) is 1. The Balaban J connectivity index is 1.17. The number of benzene rings is 9. The van der Waals surface area contributed by atoms with Crippen molar-refractivity contribution in [3.05, 3.63) is 235 Å². The predicted molar refractivity (Wildman–Crippen MR) is 229 cm³/mol. The fraction of sp³-hybridized carbons (Fsp3) is 0.0189. The molecule has 258 valence electrons. The van der Waals surface area contributed by atoms with Crippen molar-refractivity contribution < 1.29 is 4.42 Å². The maximum Gasteiger partial charge on any atom is 0.135 e. The van der Waals surface area contributed by atoms with E-state index in [4.69, 9.17) is 4.42 Å². The van der Waals surface area contributed by atoms with Gasteiger partial charge in [0.2, 0.25) is 0 Å². The Morgan fingerprint density at radius 3 is 1.80 bits per heavy atom. The summed E-state index contributed by atoms with van der Waals surface area (Å²) in [5.74, 6) is 0. The number of rotatable bonds is 6. The fourth-order valence-electron chi connectivity index (χ4n) is 9.07. The van der Waals surface area contributed by atoms with E-state index in [0.29, 0.717) is 0 Å². The number of hydrogen-bond donors (Lipinski definition) is 0. The molecule has 0 saturated heterocycles. The Kier molecular flexibility index (Phi) is 7.11. The van der Waals surface area contributed by atoms with Gasteiger partial charge in [-0.1, -0.05) is 158 Å². The minimum atomic E-state index is -0.506. The fourth-order valence-corrected chi connectivity index (χ4v) is 9.07. The molecular formula is C53H35NO. The average Bonchev–Trinajstić information content (AvgIpc) is 3.78. The van der Waals surface area contributed by atoms with Crippen molar-refractivity contribution >= 4 is 49.8 Å². The van der Waals surface area contributed by atoms with Gasteiger partial charge in [0.1, 0.15) is 11.2 Å². The highest BCUT2D eigenvalue weighted by atomic mass is 16.3. The van der Waals surface area contributed by atoms with Gasteiger partial charge in [-0.15, -0.1) is 0 Å². The maximum atomic E-state index is 6.31. The molecule has 0 amide bonds. The zero-order chi connectivity index (χ0) is 36.3. The van der Waals surface area contributed by atoms with Gasteiger partial charge in [-0.3, -0.25) is 0 Å². The van der Waals surface area contributed by atoms with Crippen LogP contribution in [0.5, 0.6) is 0 Å². The lowest BCUT2D eigenvalue weighted by atomic mass is 9.67. The number of para-hydroxylation sites is 1. The van der Waals surface area contributed by atoms with E-state index in [1.807, 2.05) is 12.1 Å². The van der Waals surface area contributed by atoms with Crippen LogP contribution in [0.25, 0.3) is 55.0 Å². The number of fused-ring (bicyclic) bond motifs is 7. The highest BCUT2D eigenvalue weighted by Crippen LogP contribution is 2.57. The van der Waals surface area contributed by atoms with E-state index in [-0.39, 0.29) is 0 Å². The predicted octanol–water partition coefficient (Wildman–Crippen LogP) is 14.2. The summed E-state index contributed by atoms with van der Waals surface area (Å²) in [7, 11) is 0. The maximum absolute atomic E-state index is 6.31. The first kappa shape index (κ1) is 31.4. The third-order valence-corrected chi connectivity index (χ3v) is 11.5. The summed E-state index contributed by atoms with van der Waals surface area (Å²) >= 11 is 0. The van der Waals surface area contributed by atoms with Crippen LogP contribution in [0.15, 0.2) is 217 Å². The number of furan rings is 1. The van der Waals surface area contributed by atoms with E-state index in [1.165, 1.54) is 55.3 Å². The van der Waals surface area contributed by atoms with Crippen molar-refractivity contribution in [1.29, 1.82) is 0 Å². The molecule has 10 aromatic rings. The standard InChI is InChI=1S/C53H35NO/c1-3-17-40(18-4-1)53(41-19-5-2-6-20-41)49-24-11-9-22-45(49)46-30-28-44(35-50(46)53)54(43-29-31-52-48(34-43)47-23-10-12-25-51(47)55-52)42-21-13-16-38(33-42)39-27-26-36-14-7-8-15-37(36)32-39/h1-35H. The summed E-state index contributed by atoms with van der Waals surface area (Å²) in [5, 5.41) is 4.68. The topological polar surface area (TPSA) is 16.4 Å². The molecule has 11 rings (SSSR count). The molecule has 0 radical (unpaired) electrons. The smallest absolute Gasteiger partial charge is 0.135 e. The van der Waals surface area contributed by atoms with Gasteiger partial charge in [-0.05, 0) is 110 Å². The molecule has 1 heterocycles. The molecule has 0 atom stereocenters. The summed E-state index contributed by atoms with van der Waals surface area (Å²) in [6.07, 6.45) is 0. The van der Waals surface area contributed by atoms with Gasteiger partial charge in [0.25, 0.3) is 0 Å². The van der Waals surface area contributed by atoms with E-state index in [9.17, 15) is 0 Å². The zero-order valence-electron chi connectivity index (χ0n) is 30.1. The Labute approximate surface area is 320 Å². The molecule has 2 heteroatoms. The van der Waals surface area contributed by atoms with Crippen LogP contribution in [-0.2, 0) is 5.41 Å². The normalized spacial score (nSPS) is 12.9. The lowest BCUT2D eigenvalue weighted by Crippen LogP contribution is -2.28. The first-order chi connectivity index (χ1) is 27.3. The Morgan fingerprint density at radius 1 is 0.345 bits per heavy atom. The molecular weight excluding hydrogens is 667 g/mol. The largest absolute Gasteiger partial charge is 0.456 e. The van der Waals surface area contributed by atoms with E-state index in [0.717, 1.165) is 39.0 Å². The minimum Gasteiger partial charge on any atom is -0.456 e. The van der Waals surface area contributed by atoms with Crippen LogP contribution in [0, 0.1) is 0 Å². The summed E-state index contributed by atoms with van der Waals surface area (Å²) in [6.45, 7) is 0. The minimum absolute atomic E-state index is 0.506. The molecule has 1 aliphatic carbocycles. The van der Waals surface area contributed by atoms with Gasteiger partial charge in [0.15, 0.2) is 0 Å². The van der Waals surface area contributed by atoms with Crippen molar-refractivity contribution in [1.82, 2.24) is 0 Å². The molecule has 0 N–H and O–H groups in total. The summed E-state index contributed by atoms with van der Waals surface area (Å²) in [4.78, 5) is 2.41. The van der Waals surface area contributed by atoms with Gasteiger partial charge < -0.3 is 9.32 Å². The van der Waals surface area contributed by atoms with E-state index in [2.05, 4.69) is 205 Å².